The van der Waals surface area contributed by atoms with Crippen LogP contribution in [0.4, 0.5) is 0 Å². The maximum Gasteiger partial charge on any atom is 0.107 e. The first-order valence-corrected chi connectivity index (χ1v) is 6.01. The van der Waals surface area contributed by atoms with Crippen LogP contribution in [-0.4, -0.2) is 21.7 Å². The van der Waals surface area contributed by atoms with Crippen molar-refractivity contribution in [2.24, 2.45) is 0 Å². The fourth-order valence-corrected chi connectivity index (χ4v) is 2.03. The molecule has 0 aliphatic rings. The maximum atomic E-state index is 8.80. The van der Waals surface area contributed by atoms with Crippen LogP contribution in [0.1, 0.15) is 17.9 Å². The number of aliphatic hydroxyl groups is 1. The van der Waals surface area contributed by atoms with E-state index in [4.69, 9.17) is 16.7 Å². The minimum absolute atomic E-state index is 0.182. The lowest BCUT2D eigenvalue weighted by Gasteiger charge is -2.00. The minimum atomic E-state index is 0.182. The maximum absolute atomic E-state index is 8.80. The third kappa shape index (κ3) is 2.68. The van der Waals surface area contributed by atoms with Crippen LogP contribution < -0.4 is 0 Å². The fraction of sp³-hybridized carbons (Fsp3) is 0.308. The molecule has 2 N–H and O–H groups in total. The molecule has 0 radical (unpaired) electrons. The van der Waals surface area contributed by atoms with Crippen LogP contribution >= 0.6 is 11.6 Å². The molecule has 1 heterocycles. The molecule has 2 rings (SSSR count). The van der Waals surface area contributed by atoms with Gasteiger partial charge < -0.3 is 10.1 Å². The Labute approximate surface area is 105 Å². The van der Waals surface area contributed by atoms with Crippen molar-refractivity contribution in [1.82, 2.24) is 9.97 Å². The predicted molar refractivity (Wildman–Crippen MR) is 69.2 cm³/mol. The Bertz CT molecular complexity index is 508. The molecule has 0 bridgehead atoms. The molecule has 0 atom stereocenters. The number of halogens is 1. The van der Waals surface area contributed by atoms with Crippen molar-refractivity contribution in [1.29, 1.82) is 0 Å². The van der Waals surface area contributed by atoms with Gasteiger partial charge in [0.05, 0.1) is 10.7 Å². The summed E-state index contributed by atoms with van der Waals surface area (Å²) in [5.41, 5.74) is 2.84. The number of hydrogen-bond donors (Lipinski definition) is 2. The quantitative estimate of drug-likeness (QED) is 0.877. The second-order valence-corrected chi connectivity index (χ2v) is 4.37. The van der Waals surface area contributed by atoms with Crippen LogP contribution in [0, 0.1) is 6.92 Å². The Balaban J connectivity index is 2.33. The lowest BCUT2D eigenvalue weighted by Crippen LogP contribution is -1.91. The number of nitrogens with zero attached hydrogens (tertiary/aromatic N) is 1. The van der Waals surface area contributed by atoms with Gasteiger partial charge >= 0.3 is 0 Å². The topological polar surface area (TPSA) is 48.9 Å². The summed E-state index contributed by atoms with van der Waals surface area (Å²) in [7, 11) is 0. The monoisotopic (exact) mass is 250 g/mol. The van der Waals surface area contributed by atoms with Gasteiger partial charge in [0, 0.05) is 24.3 Å². The largest absolute Gasteiger partial charge is 0.396 e. The van der Waals surface area contributed by atoms with Crippen molar-refractivity contribution >= 4 is 11.6 Å². The summed E-state index contributed by atoms with van der Waals surface area (Å²) in [6.45, 7) is 2.16. The molecule has 0 saturated heterocycles. The molecule has 90 valence electrons. The molecule has 17 heavy (non-hydrogen) atoms. The Morgan fingerprint density at radius 1 is 1.35 bits per heavy atom. The zero-order valence-corrected chi connectivity index (χ0v) is 10.5. The van der Waals surface area contributed by atoms with E-state index in [2.05, 4.69) is 9.97 Å². The van der Waals surface area contributed by atoms with E-state index in [-0.39, 0.29) is 6.61 Å². The first-order valence-electron chi connectivity index (χ1n) is 5.63. The number of aryl methyl sites for hydroxylation is 2. The van der Waals surface area contributed by atoms with Crippen molar-refractivity contribution in [3.63, 3.8) is 0 Å². The first kappa shape index (κ1) is 12.1. The van der Waals surface area contributed by atoms with E-state index in [1.807, 2.05) is 31.2 Å². The molecule has 1 aromatic carbocycles. The predicted octanol–water partition coefficient (Wildman–Crippen LogP) is 2.96. The summed E-state index contributed by atoms with van der Waals surface area (Å²) in [4.78, 5) is 7.75. The molecule has 0 saturated carbocycles. The van der Waals surface area contributed by atoms with Crippen LogP contribution in [0.25, 0.3) is 11.3 Å². The highest BCUT2D eigenvalue weighted by atomic mass is 35.5. The van der Waals surface area contributed by atoms with E-state index in [0.29, 0.717) is 5.02 Å². The summed E-state index contributed by atoms with van der Waals surface area (Å²) >= 11 is 6.15. The van der Waals surface area contributed by atoms with Crippen molar-refractivity contribution in [2.75, 3.05) is 6.61 Å². The van der Waals surface area contributed by atoms with E-state index < -0.39 is 0 Å². The Hall–Kier alpha value is -1.32. The molecular weight excluding hydrogens is 236 g/mol. The number of hydrogen-bond acceptors (Lipinski definition) is 2. The molecule has 0 aliphatic carbocycles. The lowest BCUT2D eigenvalue weighted by molar-refractivity contribution is 0.287. The SMILES string of the molecule is Cc1[nH]c(CCCO)nc1-c1ccccc1Cl. The Morgan fingerprint density at radius 2 is 2.12 bits per heavy atom. The van der Waals surface area contributed by atoms with Crippen molar-refractivity contribution in [3.8, 4) is 11.3 Å². The summed E-state index contributed by atoms with van der Waals surface area (Å²) in [5, 5.41) is 9.51. The van der Waals surface area contributed by atoms with Gasteiger partial charge in [-0.3, -0.25) is 0 Å². The van der Waals surface area contributed by atoms with Gasteiger partial charge in [0.15, 0.2) is 0 Å². The molecule has 0 aliphatic heterocycles. The van der Waals surface area contributed by atoms with Crippen molar-refractivity contribution in [3.05, 3.63) is 40.8 Å². The van der Waals surface area contributed by atoms with Gasteiger partial charge in [0.25, 0.3) is 0 Å². The molecule has 0 amide bonds. The van der Waals surface area contributed by atoms with Gasteiger partial charge in [0.2, 0.25) is 0 Å². The number of aromatic nitrogens is 2. The second kappa shape index (κ2) is 5.34. The number of nitrogens with one attached hydrogen (secondary N) is 1. The zero-order chi connectivity index (χ0) is 12.3. The van der Waals surface area contributed by atoms with E-state index in [0.717, 1.165) is 35.6 Å². The van der Waals surface area contributed by atoms with Gasteiger partial charge in [-0.1, -0.05) is 29.8 Å². The highest BCUT2D eigenvalue weighted by molar-refractivity contribution is 6.33. The highest BCUT2D eigenvalue weighted by Gasteiger charge is 2.11. The van der Waals surface area contributed by atoms with Gasteiger partial charge in [-0.2, -0.15) is 0 Å². The third-order valence-corrected chi connectivity index (χ3v) is 2.96. The lowest BCUT2D eigenvalue weighted by atomic mass is 10.1. The second-order valence-electron chi connectivity index (χ2n) is 3.96. The van der Waals surface area contributed by atoms with E-state index in [1.54, 1.807) is 0 Å². The molecule has 4 heteroatoms. The standard InChI is InChI=1S/C13H15ClN2O/c1-9-13(10-5-2-3-6-11(10)14)16-12(15-9)7-4-8-17/h2-3,5-6,17H,4,7-8H2,1H3,(H,15,16). The van der Waals surface area contributed by atoms with Crippen LogP contribution in [0.3, 0.4) is 0 Å². The van der Waals surface area contributed by atoms with Crippen LogP contribution in [0.5, 0.6) is 0 Å². The summed E-state index contributed by atoms with van der Waals surface area (Å²) in [6.07, 6.45) is 1.47. The molecule has 1 aromatic heterocycles. The molecule has 0 spiro atoms. The van der Waals surface area contributed by atoms with Gasteiger partial charge in [-0.25, -0.2) is 4.98 Å². The molecule has 3 nitrogen and oxygen atoms in total. The Morgan fingerprint density at radius 3 is 2.82 bits per heavy atom. The number of H-pyrrole nitrogens is 1. The number of aliphatic hydroxyl groups excluding tert-OH is 1. The first-order chi connectivity index (χ1) is 8.22. The van der Waals surface area contributed by atoms with Crippen LogP contribution in [0.15, 0.2) is 24.3 Å². The smallest absolute Gasteiger partial charge is 0.107 e. The summed E-state index contributed by atoms with van der Waals surface area (Å²) in [5.74, 6) is 0.895. The average Bonchev–Trinajstić information content (AvgIpc) is 2.68. The highest BCUT2D eigenvalue weighted by Crippen LogP contribution is 2.28. The fourth-order valence-electron chi connectivity index (χ4n) is 1.80. The summed E-state index contributed by atoms with van der Waals surface area (Å²) in [6, 6.07) is 7.67. The van der Waals surface area contributed by atoms with E-state index in [1.165, 1.54) is 0 Å². The number of imidazole rings is 1. The zero-order valence-electron chi connectivity index (χ0n) is 9.70. The van der Waals surface area contributed by atoms with Crippen LogP contribution in [0.2, 0.25) is 5.02 Å². The van der Waals surface area contributed by atoms with Gasteiger partial charge in [0.1, 0.15) is 5.82 Å². The Kier molecular flexibility index (Phi) is 3.82. The molecule has 0 unspecified atom stereocenters. The third-order valence-electron chi connectivity index (χ3n) is 2.63. The average molecular weight is 251 g/mol. The van der Waals surface area contributed by atoms with Crippen LogP contribution in [-0.2, 0) is 6.42 Å². The number of rotatable bonds is 4. The normalized spacial score (nSPS) is 10.8. The van der Waals surface area contributed by atoms with Gasteiger partial charge in [-0.15, -0.1) is 0 Å². The van der Waals surface area contributed by atoms with E-state index >= 15 is 0 Å². The van der Waals surface area contributed by atoms with Crippen molar-refractivity contribution < 1.29 is 5.11 Å². The molecular formula is C13H15ClN2O. The molecule has 0 fully saturated rings. The summed E-state index contributed by atoms with van der Waals surface area (Å²) < 4.78 is 0. The van der Waals surface area contributed by atoms with E-state index in [9.17, 15) is 0 Å². The van der Waals surface area contributed by atoms with Crippen molar-refractivity contribution in [2.45, 2.75) is 19.8 Å². The van der Waals surface area contributed by atoms with Gasteiger partial charge in [-0.05, 0) is 19.4 Å². The number of benzene rings is 1. The molecule has 2 aromatic rings. The minimum Gasteiger partial charge on any atom is -0.396 e. The number of aromatic amines is 1.